The van der Waals surface area contributed by atoms with Crippen LogP contribution < -0.4 is 15.2 Å². The van der Waals surface area contributed by atoms with E-state index in [2.05, 4.69) is 15.9 Å². The highest BCUT2D eigenvalue weighted by atomic mass is 79.9. The fourth-order valence-corrected chi connectivity index (χ4v) is 2.85. The Kier molecular flexibility index (Phi) is 4.55. The standard InChI is InChI=1S/C14H18BrNO4/c1-7(2)10-8(11(16)14(17)18)6-9(15)12-13(10)20-5-3-4-19-12/h6-7,11H,3-5,16H2,1-2H3,(H,17,18). The lowest BCUT2D eigenvalue weighted by Gasteiger charge is -2.22. The molecule has 0 spiro atoms. The van der Waals surface area contributed by atoms with Gasteiger partial charge in [-0.2, -0.15) is 0 Å². The molecule has 1 atom stereocenters. The number of carboxylic acid groups (broad SMARTS) is 1. The van der Waals surface area contributed by atoms with Crippen LogP contribution in [0.2, 0.25) is 0 Å². The number of carboxylic acids is 1. The van der Waals surface area contributed by atoms with E-state index in [0.717, 1.165) is 12.0 Å². The monoisotopic (exact) mass is 343 g/mol. The van der Waals surface area contributed by atoms with Crippen LogP contribution in [0.5, 0.6) is 11.5 Å². The lowest BCUT2D eigenvalue weighted by molar-refractivity contribution is -0.138. The molecule has 0 fully saturated rings. The lowest BCUT2D eigenvalue weighted by atomic mass is 9.91. The van der Waals surface area contributed by atoms with Gasteiger partial charge in [-0.15, -0.1) is 0 Å². The number of halogens is 1. The fourth-order valence-electron chi connectivity index (χ4n) is 2.31. The molecule has 0 bridgehead atoms. The van der Waals surface area contributed by atoms with Crippen molar-refractivity contribution in [1.82, 2.24) is 0 Å². The Bertz CT molecular complexity index is 530. The molecule has 20 heavy (non-hydrogen) atoms. The van der Waals surface area contributed by atoms with Gasteiger partial charge in [-0.25, -0.2) is 0 Å². The van der Waals surface area contributed by atoms with Crippen LogP contribution in [0.15, 0.2) is 10.5 Å². The molecule has 0 aromatic heterocycles. The molecule has 0 radical (unpaired) electrons. The van der Waals surface area contributed by atoms with E-state index in [9.17, 15) is 9.90 Å². The summed E-state index contributed by atoms with van der Waals surface area (Å²) in [5.74, 6) is 0.262. The average molecular weight is 344 g/mol. The van der Waals surface area contributed by atoms with Crippen molar-refractivity contribution in [3.63, 3.8) is 0 Å². The molecule has 1 aliphatic heterocycles. The highest BCUT2D eigenvalue weighted by Crippen LogP contribution is 2.45. The van der Waals surface area contributed by atoms with Crippen molar-refractivity contribution in [2.75, 3.05) is 13.2 Å². The maximum Gasteiger partial charge on any atom is 0.325 e. The predicted molar refractivity (Wildman–Crippen MR) is 78.4 cm³/mol. The van der Waals surface area contributed by atoms with Crippen molar-refractivity contribution in [2.24, 2.45) is 5.73 Å². The molecule has 1 aromatic rings. The van der Waals surface area contributed by atoms with Gasteiger partial charge in [0.25, 0.3) is 0 Å². The molecule has 5 nitrogen and oxygen atoms in total. The summed E-state index contributed by atoms with van der Waals surface area (Å²) >= 11 is 3.41. The third-order valence-corrected chi connectivity index (χ3v) is 3.81. The summed E-state index contributed by atoms with van der Waals surface area (Å²) in [5.41, 5.74) is 7.17. The van der Waals surface area contributed by atoms with Gasteiger partial charge in [0.05, 0.1) is 17.7 Å². The van der Waals surface area contributed by atoms with Gasteiger partial charge in [-0.3, -0.25) is 4.79 Å². The van der Waals surface area contributed by atoms with E-state index in [-0.39, 0.29) is 5.92 Å². The SMILES string of the molecule is CC(C)c1c(C(N)C(=O)O)cc(Br)c2c1OCCCO2. The van der Waals surface area contributed by atoms with E-state index in [1.807, 2.05) is 13.8 Å². The first-order valence-electron chi connectivity index (χ1n) is 6.53. The van der Waals surface area contributed by atoms with Crippen LogP contribution in [0.1, 0.15) is 43.4 Å². The summed E-state index contributed by atoms with van der Waals surface area (Å²) < 4.78 is 12.2. The third kappa shape index (κ3) is 2.76. The topological polar surface area (TPSA) is 81.8 Å². The Hall–Kier alpha value is -1.27. The summed E-state index contributed by atoms with van der Waals surface area (Å²) in [6.45, 7) is 5.09. The van der Waals surface area contributed by atoms with Gasteiger partial charge in [0.1, 0.15) is 6.04 Å². The maximum absolute atomic E-state index is 11.2. The third-order valence-electron chi connectivity index (χ3n) is 3.22. The van der Waals surface area contributed by atoms with E-state index in [4.69, 9.17) is 15.2 Å². The zero-order chi connectivity index (χ0) is 14.9. The largest absolute Gasteiger partial charge is 0.489 e. The first kappa shape index (κ1) is 15.1. The Morgan fingerprint density at radius 2 is 1.95 bits per heavy atom. The van der Waals surface area contributed by atoms with Crippen LogP contribution in [0.25, 0.3) is 0 Å². The number of aliphatic carboxylic acids is 1. The number of rotatable bonds is 3. The van der Waals surface area contributed by atoms with Crippen molar-refractivity contribution in [3.8, 4) is 11.5 Å². The quantitative estimate of drug-likeness (QED) is 0.881. The maximum atomic E-state index is 11.2. The number of nitrogens with two attached hydrogens (primary N) is 1. The van der Waals surface area contributed by atoms with E-state index < -0.39 is 12.0 Å². The number of benzene rings is 1. The van der Waals surface area contributed by atoms with Crippen molar-refractivity contribution < 1.29 is 19.4 Å². The number of carbonyl (C=O) groups is 1. The number of hydrogen-bond donors (Lipinski definition) is 2. The second-order valence-electron chi connectivity index (χ2n) is 5.04. The average Bonchev–Trinajstić information content (AvgIpc) is 2.62. The molecule has 1 unspecified atom stereocenters. The number of fused-ring (bicyclic) bond motifs is 1. The molecule has 6 heteroatoms. The zero-order valence-corrected chi connectivity index (χ0v) is 13.1. The van der Waals surface area contributed by atoms with Crippen molar-refractivity contribution >= 4 is 21.9 Å². The Morgan fingerprint density at radius 3 is 2.50 bits per heavy atom. The minimum Gasteiger partial charge on any atom is -0.489 e. The van der Waals surface area contributed by atoms with Gasteiger partial charge in [0.2, 0.25) is 0 Å². The molecule has 3 N–H and O–H groups in total. The number of hydrogen-bond acceptors (Lipinski definition) is 4. The predicted octanol–water partition coefficient (Wildman–Crippen LogP) is 2.82. The second-order valence-corrected chi connectivity index (χ2v) is 5.89. The van der Waals surface area contributed by atoms with Crippen molar-refractivity contribution in [1.29, 1.82) is 0 Å². The Labute approximate surface area is 126 Å². The van der Waals surface area contributed by atoms with Crippen LogP contribution in [0.3, 0.4) is 0 Å². The van der Waals surface area contributed by atoms with Gasteiger partial charge in [0, 0.05) is 12.0 Å². The molecule has 1 heterocycles. The smallest absolute Gasteiger partial charge is 0.325 e. The summed E-state index contributed by atoms with van der Waals surface area (Å²) in [4.78, 5) is 11.2. The molecule has 0 saturated heterocycles. The van der Waals surface area contributed by atoms with Gasteiger partial charge in [-0.05, 0) is 33.5 Å². The second kappa shape index (κ2) is 6.01. The molecule has 0 aliphatic carbocycles. The van der Waals surface area contributed by atoms with E-state index in [1.54, 1.807) is 6.07 Å². The normalized spacial score (nSPS) is 15.8. The molecule has 1 aromatic carbocycles. The Morgan fingerprint density at radius 1 is 1.35 bits per heavy atom. The highest BCUT2D eigenvalue weighted by Gasteiger charge is 2.28. The summed E-state index contributed by atoms with van der Waals surface area (Å²) in [5, 5.41) is 9.18. The van der Waals surface area contributed by atoms with E-state index >= 15 is 0 Å². The molecule has 2 rings (SSSR count). The first-order chi connectivity index (χ1) is 9.43. The van der Waals surface area contributed by atoms with Gasteiger partial charge in [-0.1, -0.05) is 13.8 Å². The summed E-state index contributed by atoms with van der Waals surface area (Å²) in [7, 11) is 0. The van der Waals surface area contributed by atoms with Crippen LogP contribution in [-0.2, 0) is 4.79 Å². The van der Waals surface area contributed by atoms with Crippen molar-refractivity contribution in [2.45, 2.75) is 32.2 Å². The highest BCUT2D eigenvalue weighted by molar-refractivity contribution is 9.10. The molecular formula is C14H18BrNO4. The molecule has 0 amide bonds. The molecule has 110 valence electrons. The van der Waals surface area contributed by atoms with Crippen LogP contribution in [0.4, 0.5) is 0 Å². The summed E-state index contributed by atoms with van der Waals surface area (Å²) in [6.07, 6.45) is 0.791. The van der Waals surface area contributed by atoms with Crippen LogP contribution >= 0.6 is 15.9 Å². The molecular weight excluding hydrogens is 326 g/mol. The van der Waals surface area contributed by atoms with Gasteiger partial charge in [0.15, 0.2) is 11.5 Å². The van der Waals surface area contributed by atoms with Crippen LogP contribution in [0, 0.1) is 0 Å². The molecule has 0 saturated carbocycles. The minimum atomic E-state index is -1.08. The number of ether oxygens (including phenoxy) is 2. The lowest BCUT2D eigenvalue weighted by Crippen LogP contribution is -2.23. The van der Waals surface area contributed by atoms with Crippen LogP contribution in [-0.4, -0.2) is 24.3 Å². The first-order valence-corrected chi connectivity index (χ1v) is 7.33. The Balaban J connectivity index is 2.66. The fraction of sp³-hybridized carbons (Fsp3) is 0.500. The zero-order valence-electron chi connectivity index (χ0n) is 11.5. The summed E-state index contributed by atoms with van der Waals surface area (Å²) in [6, 6.07) is 0.641. The van der Waals surface area contributed by atoms with Gasteiger partial charge >= 0.3 is 5.97 Å². The molecule has 1 aliphatic rings. The minimum absolute atomic E-state index is 0.0824. The van der Waals surface area contributed by atoms with Gasteiger partial charge < -0.3 is 20.3 Å². The van der Waals surface area contributed by atoms with Crippen molar-refractivity contribution in [3.05, 3.63) is 21.7 Å². The van der Waals surface area contributed by atoms with E-state index in [0.29, 0.717) is 34.7 Å². The van der Waals surface area contributed by atoms with E-state index in [1.165, 1.54) is 0 Å².